The Bertz CT molecular complexity index is 347. The van der Waals surface area contributed by atoms with Crippen LogP contribution < -0.4 is 10.6 Å². The number of carboxylic acids is 2. The summed E-state index contributed by atoms with van der Waals surface area (Å²) in [5.74, 6) is 0.456. The Kier molecular flexibility index (Phi) is 6.85. The quantitative estimate of drug-likeness (QED) is 0.548. The molecule has 2 atom stereocenters. The van der Waals surface area contributed by atoms with Gasteiger partial charge in [-0.15, -0.1) is 0 Å². The summed E-state index contributed by atoms with van der Waals surface area (Å²) in [6.45, 7) is 0.447. The van der Waals surface area contributed by atoms with Gasteiger partial charge in [0.1, 0.15) is 6.04 Å². The van der Waals surface area contributed by atoms with E-state index in [-0.39, 0.29) is 0 Å². The molecule has 0 aromatic rings. The third-order valence-electron chi connectivity index (χ3n) is 2.36. The van der Waals surface area contributed by atoms with Crippen LogP contribution >= 0.6 is 23.5 Å². The van der Waals surface area contributed by atoms with E-state index in [1.54, 1.807) is 11.8 Å². The van der Waals surface area contributed by atoms with Crippen molar-refractivity contribution in [3.63, 3.8) is 0 Å². The van der Waals surface area contributed by atoms with Gasteiger partial charge in [0.25, 0.3) is 0 Å². The molecule has 0 aliphatic carbocycles. The van der Waals surface area contributed by atoms with E-state index in [9.17, 15) is 14.4 Å². The number of aliphatic carboxylic acids is 2. The number of carboxylic acid groups (broad SMARTS) is 2. The second-order valence-electron chi connectivity index (χ2n) is 3.91. The number of rotatable bonds is 6. The summed E-state index contributed by atoms with van der Waals surface area (Å²) in [4.78, 5) is 32.7. The molecular weight excluding hydrogens is 292 g/mol. The van der Waals surface area contributed by atoms with Gasteiger partial charge in [-0.2, -0.15) is 23.5 Å². The Morgan fingerprint density at radius 3 is 2.53 bits per heavy atom. The average molecular weight is 308 g/mol. The molecule has 4 N–H and O–H groups in total. The fourth-order valence-electron chi connectivity index (χ4n) is 1.44. The van der Waals surface area contributed by atoms with Crippen LogP contribution in [0.1, 0.15) is 6.42 Å². The molecule has 1 aliphatic heterocycles. The van der Waals surface area contributed by atoms with E-state index in [0.717, 1.165) is 17.3 Å². The van der Waals surface area contributed by atoms with Crippen molar-refractivity contribution in [2.75, 3.05) is 23.8 Å². The topological polar surface area (TPSA) is 116 Å². The van der Waals surface area contributed by atoms with Gasteiger partial charge < -0.3 is 20.8 Å². The van der Waals surface area contributed by atoms with Crippen LogP contribution in [0.4, 0.5) is 4.79 Å². The van der Waals surface area contributed by atoms with E-state index in [1.807, 2.05) is 11.8 Å². The molecule has 0 aromatic heterocycles. The van der Waals surface area contributed by atoms with Crippen LogP contribution in [0.15, 0.2) is 0 Å². The van der Waals surface area contributed by atoms with Crippen molar-refractivity contribution in [2.24, 2.45) is 0 Å². The first-order valence-electron chi connectivity index (χ1n) is 5.67. The number of carbonyl (C=O) groups excluding carboxylic acids is 1. The molecule has 1 heterocycles. The molecule has 7 nitrogen and oxygen atoms in total. The lowest BCUT2D eigenvalue weighted by Crippen LogP contribution is -2.48. The third kappa shape index (κ3) is 6.58. The fourth-order valence-corrected chi connectivity index (χ4v) is 4.06. The van der Waals surface area contributed by atoms with Crippen LogP contribution in [0.25, 0.3) is 0 Å². The lowest BCUT2D eigenvalue weighted by Gasteiger charge is -2.21. The highest BCUT2D eigenvalue weighted by Gasteiger charge is 2.23. The third-order valence-corrected chi connectivity index (χ3v) is 5.20. The molecule has 1 fully saturated rings. The molecule has 1 aliphatic rings. The van der Waals surface area contributed by atoms with Crippen molar-refractivity contribution in [3.8, 4) is 0 Å². The van der Waals surface area contributed by atoms with E-state index in [0.29, 0.717) is 11.8 Å². The molecule has 1 rings (SSSR count). The normalized spacial score (nSPS) is 20.3. The summed E-state index contributed by atoms with van der Waals surface area (Å²) in [6.07, 6.45) is -0.642. The zero-order chi connectivity index (χ0) is 14.3. The molecule has 19 heavy (non-hydrogen) atoms. The fraction of sp³-hybridized carbons (Fsp3) is 0.700. The van der Waals surface area contributed by atoms with Gasteiger partial charge in [-0.25, -0.2) is 9.59 Å². The van der Waals surface area contributed by atoms with Gasteiger partial charge in [-0.05, 0) is 0 Å². The monoisotopic (exact) mass is 308 g/mol. The van der Waals surface area contributed by atoms with Crippen LogP contribution in [0, 0.1) is 0 Å². The number of nitrogens with one attached hydrogen (secondary N) is 2. The van der Waals surface area contributed by atoms with E-state index >= 15 is 0 Å². The number of amides is 2. The van der Waals surface area contributed by atoms with Crippen molar-refractivity contribution in [2.45, 2.75) is 17.7 Å². The van der Waals surface area contributed by atoms with Crippen LogP contribution in [0.2, 0.25) is 0 Å². The molecule has 1 saturated heterocycles. The maximum atomic E-state index is 11.5. The number of hydrogen-bond acceptors (Lipinski definition) is 5. The van der Waals surface area contributed by atoms with Crippen molar-refractivity contribution in [3.05, 3.63) is 0 Å². The van der Waals surface area contributed by atoms with Crippen LogP contribution in [0.5, 0.6) is 0 Å². The molecule has 0 saturated carbocycles. The SMILES string of the molecule is O=C(O)CC(NC(=O)NCC1CSCCS1)C(=O)O. The number of carbonyl (C=O) groups is 3. The Morgan fingerprint density at radius 1 is 1.26 bits per heavy atom. The summed E-state index contributed by atoms with van der Waals surface area (Å²) in [5, 5.41) is 22.3. The van der Waals surface area contributed by atoms with Crippen molar-refractivity contribution in [1.82, 2.24) is 10.6 Å². The minimum Gasteiger partial charge on any atom is -0.481 e. The first-order chi connectivity index (χ1) is 8.99. The second-order valence-corrected chi connectivity index (χ2v) is 6.47. The molecule has 0 bridgehead atoms. The zero-order valence-corrected chi connectivity index (χ0v) is 11.8. The summed E-state index contributed by atoms with van der Waals surface area (Å²) in [7, 11) is 0. The van der Waals surface area contributed by atoms with E-state index < -0.39 is 30.4 Å². The van der Waals surface area contributed by atoms with E-state index in [1.165, 1.54) is 0 Å². The first kappa shape index (κ1) is 16.0. The Morgan fingerprint density at radius 2 is 2.00 bits per heavy atom. The van der Waals surface area contributed by atoms with Crippen molar-refractivity contribution in [1.29, 1.82) is 0 Å². The molecular formula is C10H16N2O5S2. The summed E-state index contributed by atoms with van der Waals surface area (Å²) in [6, 6.07) is -2.06. The van der Waals surface area contributed by atoms with Gasteiger partial charge in [-0.1, -0.05) is 0 Å². The number of hydrogen-bond donors (Lipinski definition) is 4. The van der Waals surface area contributed by atoms with Gasteiger partial charge in [0.2, 0.25) is 0 Å². The Hall–Kier alpha value is -1.09. The molecule has 0 spiro atoms. The van der Waals surface area contributed by atoms with E-state index in [2.05, 4.69) is 10.6 Å². The van der Waals surface area contributed by atoms with Gasteiger partial charge in [0, 0.05) is 29.1 Å². The maximum absolute atomic E-state index is 11.5. The molecule has 2 amide bonds. The zero-order valence-electron chi connectivity index (χ0n) is 10.1. The van der Waals surface area contributed by atoms with Crippen molar-refractivity contribution < 1.29 is 24.6 Å². The summed E-state index contributed by atoms with van der Waals surface area (Å²) >= 11 is 3.58. The van der Waals surface area contributed by atoms with E-state index in [4.69, 9.17) is 10.2 Å². The van der Waals surface area contributed by atoms with Crippen molar-refractivity contribution >= 4 is 41.5 Å². The highest BCUT2D eigenvalue weighted by Crippen LogP contribution is 2.23. The van der Waals surface area contributed by atoms with Crippen LogP contribution in [0.3, 0.4) is 0 Å². The minimum atomic E-state index is -1.41. The number of urea groups is 1. The lowest BCUT2D eigenvalue weighted by atomic mass is 10.2. The Balaban J connectivity index is 2.31. The molecule has 0 aromatic carbocycles. The highest BCUT2D eigenvalue weighted by molar-refractivity contribution is 8.06. The van der Waals surface area contributed by atoms with Crippen LogP contribution in [-0.4, -0.2) is 63.3 Å². The largest absolute Gasteiger partial charge is 0.481 e. The van der Waals surface area contributed by atoms with Gasteiger partial charge in [0.05, 0.1) is 6.42 Å². The number of thioether (sulfide) groups is 2. The molecule has 108 valence electrons. The maximum Gasteiger partial charge on any atom is 0.326 e. The minimum absolute atomic E-state index is 0.312. The lowest BCUT2D eigenvalue weighted by molar-refractivity contribution is -0.145. The summed E-state index contributed by atoms with van der Waals surface area (Å²) < 4.78 is 0. The van der Waals surface area contributed by atoms with Gasteiger partial charge in [0.15, 0.2) is 0 Å². The first-order valence-corrected chi connectivity index (χ1v) is 7.87. The van der Waals surface area contributed by atoms with Gasteiger partial charge in [-0.3, -0.25) is 4.79 Å². The average Bonchev–Trinajstić information content (AvgIpc) is 2.36. The van der Waals surface area contributed by atoms with Crippen LogP contribution in [-0.2, 0) is 9.59 Å². The molecule has 9 heteroatoms. The standard InChI is InChI=1S/C10H16N2O5S2/c13-8(14)3-7(9(15)16)12-10(17)11-4-6-5-18-1-2-19-6/h6-7H,1-5H2,(H,13,14)(H,15,16)(H2,11,12,17). The summed E-state index contributed by atoms with van der Waals surface area (Å²) in [5.41, 5.74) is 0. The predicted octanol–water partition coefficient (Wildman–Crippen LogP) is 0.0621. The van der Waals surface area contributed by atoms with Gasteiger partial charge >= 0.3 is 18.0 Å². The second kappa shape index (κ2) is 8.16. The highest BCUT2D eigenvalue weighted by atomic mass is 32.2. The predicted molar refractivity (Wildman–Crippen MR) is 73.8 cm³/mol. The molecule has 0 radical (unpaired) electrons. The smallest absolute Gasteiger partial charge is 0.326 e. The Labute approximate surface area is 118 Å². The molecule has 2 unspecified atom stereocenters.